The molecule has 3 rings (SSSR count). The second-order valence-electron chi connectivity index (χ2n) is 5.52. The second kappa shape index (κ2) is 7.66. The van der Waals surface area contributed by atoms with Gasteiger partial charge in [0.25, 0.3) is 0 Å². The van der Waals surface area contributed by atoms with Gasteiger partial charge in [0, 0.05) is 11.6 Å². The molecule has 2 aromatic carbocycles. The van der Waals surface area contributed by atoms with E-state index in [2.05, 4.69) is 4.90 Å². The Hall–Kier alpha value is -1.78. The zero-order valence-electron chi connectivity index (χ0n) is 12.8. The van der Waals surface area contributed by atoms with Crippen molar-refractivity contribution in [2.45, 2.75) is 12.8 Å². The van der Waals surface area contributed by atoms with Crippen molar-refractivity contribution in [3.05, 3.63) is 53.3 Å². The maximum absolute atomic E-state index is 14.1. The summed E-state index contributed by atoms with van der Waals surface area (Å²) in [6.45, 7) is 3.58. The molecule has 0 amide bonds. The number of likely N-dealkylation sites (tertiary alicyclic amines) is 1. The maximum atomic E-state index is 14.1. The number of halogens is 2. The van der Waals surface area contributed by atoms with E-state index in [9.17, 15) is 4.39 Å². The van der Waals surface area contributed by atoms with Gasteiger partial charge in [-0.15, -0.1) is 0 Å². The normalized spacial score (nSPS) is 14.9. The van der Waals surface area contributed by atoms with Crippen molar-refractivity contribution in [1.82, 2.24) is 4.90 Å². The van der Waals surface area contributed by atoms with Crippen molar-refractivity contribution in [2.75, 3.05) is 26.2 Å². The Morgan fingerprint density at radius 3 is 2.52 bits per heavy atom. The van der Waals surface area contributed by atoms with Gasteiger partial charge >= 0.3 is 0 Å². The van der Waals surface area contributed by atoms with E-state index < -0.39 is 5.82 Å². The Kier molecular flexibility index (Phi) is 5.36. The predicted molar refractivity (Wildman–Crippen MR) is 89.1 cm³/mol. The standard InChI is InChI=1S/C18H19ClFNO2/c19-14-6-8-15(9-7-14)23-18-16(20)4-3-5-17(18)22-13-12-21-10-1-2-11-21/h3-9H,1-2,10-13H2. The second-order valence-corrected chi connectivity index (χ2v) is 5.96. The zero-order valence-corrected chi connectivity index (χ0v) is 13.6. The van der Waals surface area contributed by atoms with Crippen LogP contribution >= 0.6 is 11.6 Å². The summed E-state index contributed by atoms with van der Waals surface area (Å²) in [7, 11) is 0. The lowest BCUT2D eigenvalue weighted by molar-refractivity contribution is 0.231. The van der Waals surface area contributed by atoms with Crippen LogP contribution in [0, 0.1) is 5.82 Å². The fraction of sp³-hybridized carbons (Fsp3) is 0.333. The van der Waals surface area contributed by atoms with Gasteiger partial charge in [-0.25, -0.2) is 4.39 Å². The summed E-state index contributed by atoms with van der Waals surface area (Å²) in [5, 5.41) is 0.605. The van der Waals surface area contributed by atoms with E-state index in [-0.39, 0.29) is 5.75 Å². The summed E-state index contributed by atoms with van der Waals surface area (Å²) in [6.07, 6.45) is 2.48. The molecule has 5 heteroatoms. The number of benzene rings is 2. The van der Waals surface area contributed by atoms with Crippen LogP contribution in [0.3, 0.4) is 0 Å². The van der Waals surface area contributed by atoms with Crippen LogP contribution in [-0.2, 0) is 0 Å². The monoisotopic (exact) mass is 335 g/mol. The van der Waals surface area contributed by atoms with Crippen molar-refractivity contribution in [3.63, 3.8) is 0 Å². The lowest BCUT2D eigenvalue weighted by Crippen LogP contribution is -2.25. The Balaban J connectivity index is 1.67. The van der Waals surface area contributed by atoms with Crippen LogP contribution in [0.5, 0.6) is 17.2 Å². The fourth-order valence-electron chi connectivity index (χ4n) is 2.61. The highest BCUT2D eigenvalue weighted by molar-refractivity contribution is 6.30. The van der Waals surface area contributed by atoms with Crippen LogP contribution in [-0.4, -0.2) is 31.1 Å². The Morgan fingerprint density at radius 2 is 1.78 bits per heavy atom. The van der Waals surface area contributed by atoms with E-state index in [1.165, 1.54) is 18.9 Å². The molecular weight excluding hydrogens is 317 g/mol. The van der Waals surface area contributed by atoms with Crippen molar-refractivity contribution in [2.24, 2.45) is 0 Å². The third-order valence-corrected chi connectivity index (χ3v) is 4.08. The molecule has 0 bridgehead atoms. The van der Waals surface area contributed by atoms with Crippen molar-refractivity contribution in [3.8, 4) is 17.2 Å². The first-order valence-electron chi connectivity index (χ1n) is 7.79. The summed E-state index contributed by atoms with van der Waals surface area (Å²) in [5.41, 5.74) is 0. The first-order chi connectivity index (χ1) is 11.2. The summed E-state index contributed by atoms with van der Waals surface area (Å²) >= 11 is 5.85. The van der Waals surface area contributed by atoms with Gasteiger partial charge in [0.15, 0.2) is 11.6 Å². The number of para-hydroxylation sites is 1. The lowest BCUT2D eigenvalue weighted by atomic mass is 10.3. The molecule has 0 radical (unpaired) electrons. The predicted octanol–water partition coefficient (Wildman–Crippen LogP) is 4.75. The molecule has 1 aliphatic rings. The van der Waals surface area contributed by atoms with Gasteiger partial charge in [0.1, 0.15) is 12.4 Å². The maximum Gasteiger partial charge on any atom is 0.204 e. The highest BCUT2D eigenvalue weighted by atomic mass is 35.5. The number of rotatable bonds is 6. The highest BCUT2D eigenvalue weighted by Gasteiger charge is 2.14. The molecule has 122 valence electrons. The van der Waals surface area contributed by atoms with Gasteiger partial charge in [-0.2, -0.15) is 0 Å². The van der Waals surface area contributed by atoms with Crippen LogP contribution in [0.1, 0.15) is 12.8 Å². The minimum Gasteiger partial charge on any atom is -0.488 e. The molecule has 0 unspecified atom stereocenters. The van der Waals surface area contributed by atoms with Crippen LogP contribution in [0.2, 0.25) is 5.02 Å². The SMILES string of the molecule is Fc1cccc(OCCN2CCCC2)c1Oc1ccc(Cl)cc1. The van der Waals surface area contributed by atoms with Crippen LogP contribution < -0.4 is 9.47 Å². The average molecular weight is 336 g/mol. The first-order valence-corrected chi connectivity index (χ1v) is 8.17. The molecule has 0 atom stereocenters. The van der Waals surface area contributed by atoms with E-state index in [1.54, 1.807) is 36.4 Å². The van der Waals surface area contributed by atoms with E-state index in [0.717, 1.165) is 19.6 Å². The number of nitrogens with zero attached hydrogens (tertiary/aromatic N) is 1. The lowest BCUT2D eigenvalue weighted by Gasteiger charge is -2.17. The molecule has 23 heavy (non-hydrogen) atoms. The van der Waals surface area contributed by atoms with Crippen LogP contribution in [0.25, 0.3) is 0 Å². The van der Waals surface area contributed by atoms with E-state index in [4.69, 9.17) is 21.1 Å². The fourth-order valence-corrected chi connectivity index (χ4v) is 2.74. The molecule has 1 aliphatic heterocycles. The Bertz CT molecular complexity index is 642. The van der Waals surface area contributed by atoms with Gasteiger partial charge in [-0.05, 0) is 62.3 Å². The van der Waals surface area contributed by atoms with Crippen LogP contribution in [0.15, 0.2) is 42.5 Å². The smallest absolute Gasteiger partial charge is 0.204 e. The minimum atomic E-state index is -0.446. The molecule has 0 N–H and O–H groups in total. The molecule has 1 fully saturated rings. The van der Waals surface area contributed by atoms with Crippen molar-refractivity contribution in [1.29, 1.82) is 0 Å². The Labute approximate surface area is 140 Å². The molecule has 1 saturated heterocycles. The Morgan fingerprint density at radius 1 is 1.04 bits per heavy atom. The van der Waals surface area contributed by atoms with E-state index in [1.807, 2.05) is 0 Å². The molecule has 0 saturated carbocycles. The third kappa shape index (κ3) is 4.36. The molecule has 3 nitrogen and oxygen atoms in total. The van der Waals surface area contributed by atoms with Crippen molar-refractivity contribution >= 4 is 11.6 Å². The first kappa shape index (κ1) is 16.1. The highest BCUT2D eigenvalue weighted by Crippen LogP contribution is 2.34. The van der Waals surface area contributed by atoms with Crippen LogP contribution in [0.4, 0.5) is 4.39 Å². The van der Waals surface area contributed by atoms with Gasteiger partial charge in [-0.3, -0.25) is 4.90 Å². The number of hydrogen-bond donors (Lipinski definition) is 0. The third-order valence-electron chi connectivity index (χ3n) is 3.83. The average Bonchev–Trinajstić information content (AvgIpc) is 3.06. The van der Waals surface area contributed by atoms with Gasteiger partial charge < -0.3 is 9.47 Å². The van der Waals surface area contributed by atoms with Gasteiger partial charge in [0.2, 0.25) is 5.75 Å². The molecule has 1 heterocycles. The van der Waals surface area contributed by atoms with Crippen molar-refractivity contribution < 1.29 is 13.9 Å². The van der Waals surface area contributed by atoms with Gasteiger partial charge in [0.05, 0.1) is 0 Å². The summed E-state index contributed by atoms with van der Waals surface area (Å²) < 4.78 is 25.5. The number of ether oxygens (including phenoxy) is 2. The summed E-state index contributed by atoms with van der Waals surface area (Å²) in [6, 6.07) is 11.5. The molecule has 2 aromatic rings. The van der Waals surface area contributed by atoms with Gasteiger partial charge in [-0.1, -0.05) is 17.7 Å². The van der Waals surface area contributed by atoms with E-state index >= 15 is 0 Å². The molecular formula is C18H19ClFNO2. The quantitative estimate of drug-likeness (QED) is 0.760. The van der Waals surface area contributed by atoms with E-state index in [0.29, 0.717) is 23.1 Å². The topological polar surface area (TPSA) is 21.7 Å². The summed E-state index contributed by atoms with van der Waals surface area (Å²) in [5.74, 6) is 0.595. The minimum absolute atomic E-state index is 0.108. The molecule has 0 aliphatic carbocycles. The number of hydrogen-bond acceptors (Lipinski definition) is 3. The zero-order chi connectivity index (χ0) is 16.1. The molecule has 0 spiro atoms. The summed E-state index contributed by atoms with van der Waals surface area (Å²) in [4.78, 5) is 2.35. The molecule has 0 aromatic heterocycles. The largest absolute Gasteiger partial charge is 0.488 e.